The van der Waals surface area contributed by atoms with Crippen molar-refractivity contribution >= 4 is 80.0 Å². The van der Waals surface area contributed by atoms with Crippen LogP contribution in [0.3, 0.4) is 0 Å². The van der Waals surface area contributed by atoms with Crippen molar-refractivity contribution in [3.05, 3.63) is 83.7 Å². The molecule has 0 fully saturated rings. The van der Waals surface area contributed by atoms with Gasteiger partial charge in [0.15, 0.2) is 0 Å². The summed E-state index contributed by atoms with van der Waals surface area (Å²) in [5.74, 6) is -8.32. The standard InChI is InChI=1S/C23H11ClF9I2N3O2/c24-16-5-4-11(9-36-16)19(40)37-13-3-1-2-10(6-13)18(39)38-17-14(34)7-12(8-15(17)35)20(25,22(28,29)30)21(26,27)23(31,32)33/h1-9H,(H,37,40)(H,38,39). The molecule has 0 saturated carbocycles. The highest BCUT2D eigenvalue weighted by molar-refractivity contribution is 14.1. The average molecular weight is 822 g/mol. The van der Waals surface area contributed by atoms with Gasteiger partial charge in [0.05, 0.1) is 11.3 Å². The van der Waals surface area contributed by atoms with Crippen molar-refractivity contribution < 1.29 is 49.1 Å². The molecule has 0 aliphatic heterocycles. The summed E-state index contributed by atoms with van der Waals surface area (Å²) in [6.07, 6.45) is -12.3. The molecule has 1 unspecified atom stereocenters. The zero-order chi connectivity index (χ0) is 30.3. The molecule has 5 nitrogen and oxygen atoms in total. The number of nitrogens with one attached hydrogen (secondary N) is 2. The van der Waals surface area contributed by atoms with Crippen molar-refractivity contribution in [2.75, 3.05) is 10.6 Å². The maximum absolute atomic E-state index is 14.9. The first-order valence-electron chi connectivity index (χ1n) is 10.3. The van der Waals surface area contributed by atoms with Gasteiger partial charge in [0.25, 0.3) is 11.8 Å². The molecule has 0 bridgehead atoms. The van der Waals surface area contributed by atoms with Crippen molar-refractivity contribution in [2.45, 2.75) is 23.9 Å². The molecular weight excluding hydrogens is 811 g/mol. The fourth-order valence-electron chi connectivity index (χ4n) is 3.25. The summed E-state index contributed by atoms with van der Waals surface area (Å²) in [4.78, 5) is 29.0. The molecular formula is C23H11ClF9I2N3O2. The number of alkyl halides is 9. The zero-order valence-electron chi connectivity index (χ0n) is 19.0. The number of nitrogens with zero attached hydrogens (tertiary/aromatic N) is 1. The van der Waals surface area contributed by atoms with Crippen molar-refractivity contribution in [1.29, 1.82) is 0 Å². The minimum absolute atomic E-state index is 0.0820. The third-order valence-electron chi connectivity index (χ3n) is 5.23. The predicted octanol–water partition coefficient (Wildman–Crippen LogP) is 8.37. The van der Waals surface area contributed by atoms with Gasteiger partial charge in [-0.2, -0.15) is 35.1 Å². The molecule has 3 aromatic rings. The lowest BCUT2D eigenvalue weighted by Crippen LogP contribution is -2.59. The highest BCUT2D eigenvalue weighted by Crippen LogP contribution is 2.58. The number of amides is 2. The molecule has 214 valence electrons. The van der Waals surface area contributed by atoms with E-state index in [4.69, 9.17) is 11.6 Å². The summed E-state index contributed by atoms with van der Waals surface area (Å²) < 4.78 is 120. The summed E-state index contributed by atoms with van der Waals surface area (Å²) in [5, 5.41) is 4.95. The van der Waals surface area contributed by atoms with E-state index in [2.05, 4.69) is 15.6 Å². The average Bonchev–Trinajstić information content (AvgIpc) is 2.84. The van der Waals surface area contributed by atoms with Crippen molar-refractivity contribution in [3.8, 4) is 0 Å². The largest absolute Gasteiger partial charge is 0.457 e. The predicted molar refractivity (Wildman–Crippen MR) is 143 cm³/mol. The number of anilines is 2. The normalized spacial score (nSPS) is 13.9. The molecule has 2 N–H and O–H groups in total. The Hall–Kier alpha value is -2.35. The van der Waals surface area contributed by atoms with Gasteiger partial charge in [0.1, 0.15) is 5.15 Å². The Bertz CT molecular complexity index is 1430. The summed E-state index contributed by atoms with van der Waals surface area (Å²) >= 11 is 8.20. The number of benzene rings is 2. The fraction of sp³-hybridized carbons (Fsp3) is 0.174. The van der Waals surface area contributed by atoms with Gasteiger partial charge in [-0.15, -0.1) is 0 Å². The smallest absolute Gasteiger partial charge is 0.322 e. The minimum atomic E-state index is -6.87. The molecule has 1 atom stereocenters. The Balaban J connectivity index is 1.91. The summed E-state index contributed by atoms with van der Waals surface area (Å²) in [6.45, 7) is 0. The Kier molecular flexibility index (Phi) is 9.25. The van der Waals surface area contributed by atoms with Crippen LogP contribution in [-0.4, -0.2) is 35.1 Å². The quantitative estimate of drug-likeness (QED) is 0.149. The lowest BCUT2D eigenvalue weighted by molar-refractivity contribution is -0.389. The topological polar surface area (TPSA) is 71.1 Å². The van der Waals surface area contributed by atoms with Gasteiger partial charge in [-0.25, -0.2) is 9.37 Å². The number of hydrogen-bond donors (Lipinski definition) is 2. The van der Waals surface area contributed by atoms with E-state index in [0.717, 1.165) is 0 Å². The van der Waals surface area contributed by atoms with Crippen LogP contribution in [0.1, 0.15) is 26.3 Å². The third-order valence-corrected chi connectivity index (χ3v) is 7.16. The third kappa shape index (κ3) is 6.27. The van der Waals surface area contributed by atoms with Crippen molar-refractivity contribution in [3.63, 3.8) is 0 Å². The van der Waals surface area contributed by atoms with Crippen LogP contribution in [0, 0.1) is 7.14 Å². The van der Waals surface area contributed by atoms with Crippen molar-refractivity contribution in [2.24, 2.45) is 0 Å². The monoisotopic (exact) mass is 821 g/mol. The van der Waals surface area contributed by atoms with Gasteiger partial charge in [-0.3, -0.25) is 9.59 Å². The lowest BCUT2D eigenvalue weighted by Gasteiger charge is -2.36. The van der Waals surface area contributed by atoms with E-state index in [9.17, 15) is 49.1 Å². The molecule has 3 rings (SSSR count). The number of pyridine rings is 1. The van der Waals surface area contributed by atoms with E-state index in [-0.39, 0.29) is 39.8 Å². The maximum atomic E-state index is 14.9. The van der Waals surface area contributed by atoms with Crippen LogP contribution in [0.4, 0.5) is 50.9 Å². The molecule has 0 aliphatic carbocycles. The number of rotatable bonds is 6. The Labute approximate surface area is 251 Å². The number of carbonyl (C=O) groups excluding carboxylic acids is 2. The van der Waals surface area contributed by atoms with Crippen LogP contribution in [0.15, 0.2) is 54.7 Å². The Morgan fingerprint density at radius 1 is 0.750 bits per heavy atom. The molecule has 2 aromatic carbocycles. The van der Waals surface area contributed by atoms with Crippen LogP contribution in [0.5, 0.6) is 0 Å². The van der Waals surface area contributed by atoms with Gasteiger partial charge >= 0.3 is 23.9 Å². The molecule has 17 heteroatoms. The molecule has 2 amide bonds. The van der Waals surface area contributed by atoms with E-state index in [1.54, 1.807) is 0 Å². The summed E-state index contributed by atoms with van der Waals surface area (Å²) in [5.41, 5.74) is -8.20. The van der Waals surface area contributed by atoms with Gasteiger partial charge in [0, 0.05) is 30.2 Å². The molecule has 0 saturated heterocycles. The van der Waals surface area contributed by atoms with Crippen LogP contribution < -0.4 is 10.6 Å². The van der Waals surface area contributed by atoms with Gasteiger partial charge in [0.2, 0.25) is 0 Å². The molecule has 40 heavy (non-hydrogen) atoms. The fourth-order valence-corrected chi connectivity index (χ4v) is 5.40. The van der Waals surface area contributed by atoms with E-state index in [1.807, 2.05) is 0 Å². The van der Waals surface area contributed by atoms with Crippen LogP contribution in [0.25, 0.3) is 0 Å². The second kappa shape index (κ2) is 11.5. The first-order chi connectivity index (χ1) is 18.3. The van der Waals surface area contributed by atoms with Gasteiger partial charge in [-0.05, 0) is 87.6 Å². The highest BCUT2D eigenvalue weighted by Gasteiger charge is 2.81. The molecule has 0 radical (unpaired) electrons. The van der Waals surface area contributed by atoms with E-state index < -0.39 is 48.5 Å². The zero-order valence-corrected chi connectivity index (χ0v) is 24.1. The van der Waals surface area contributed by atoms with Crippen molar-refractivity contribution in [1.82, 2.24) is 4.98 Å². The van der Waals surface area contributed by atoms with E-state index in [0.29, 0.717) is 0 Å². The van der Waals surface area contributed by atoms with Crippen LogP contribution >= 0.6 is 56.8 Å². The lowest BCUT2D eigenvalue weighted by atomic mass is 9.87. The second-order valence-electron chi connectivity index (χ2n) is 7.90. The number of hydrogen-bond acceptors (Lipinski definition) is 3. The SMILES string of the molecule is O=C(Nc1cccc(C(=O)Nc2c(I)cc(C(F)(C(F)(F)F)C(F)(F)C(F)(F)F)cc2I)c1)c1ccc(Cl)nc1. The highest BCUT2D eigenvalue weighted by atomic mass is 127. The molecule has 0 aliphatic rings. The van der Waals surface area contributed by atoms with Gasteiger partial charge in [-0.1, -0.05) is 17.7 Å². The molecule has 0 spiro atoms. The van der Waals surface area contributed by atoms with E-state index in [1.165, 1.54) is 87.8 Å². The Morgan fingerprint density at radius 3 is 1.82 bits per heavy atom. The van der Waals surface area contributed by atoms with E-state index >= 15 is 0 Å². The number of halogens is 12. The second-order valence-corrected chi connectivity index (χ2v) is 10.6. The maximum Gasteiger partial charge on any atom is 0.457 e. The number of aromatic nitrogens is 1. The van der Waals surface area contributed by atoms with Crippen LogP contribution in [-0.2, 0) is 5.67 Å². The summed E-state index contributed by atoms with van der Waals surface area (Å²) in [6, 6.07) is 8.38. The first-order valence-corrected chi connectivity index (χ1v) is 12.9. The molecule has 1 aromatic heterocycles. The van der Waals surface area contributed by atoms with Gasteiger partial charge < -0.3 is 10.6 Å². The van der Waals surface area contributed by atoms with Crippen LogP contribution in [0.2, 0.25) is 5.15 Å². The minimum Gasteiger partial charge on any atom is -0.322 e. The Morgan fingerprint density at radius 2 is 1.32 bits per heavy atom. The number of carbonyl (C=O) groups is 2. The summed E-state index contributed by atoms with van der Waals surface area (Å²) in [7, 11) is 0. The molecule has 1 heterocycles. The first kappa shape index (κ1) is 32.2.